The summed E-state index contributed by atoms with van der Waals surface area (Å²) in [6.07, 6.45) is 22.2. The first kappa shape index (κ1) is 21.9. The number of hydrogen-bond donors (Lipinski definition) is 2. The van der Waals surface area contributed by atoms with Gasteiger partial charge in [0.05, 0.1) is 0 Å². The molecule has 0 amide bonds. The Labute approximate surface area is 140 Å². The topological polar surface area (TPSA) is 52.0 Å². The van der Waals surface area contributed by atoms with Crippen molar-refractivity contribution in [2.24, 2.45) is 17.4 Å². The third-order valence-electron chi connectivity index (χ3n) is 4.96. The van der Waals surface area contributed by atoms with Gasteiger partial charge in [-0.25, -0.2) is 0 Å². The highest BCUT2D eigenvalue weighted by atomic mass is 14.5. The maximum atomic E-state index is 5.52. The maximum Gasteiger partial charge on any atom is -0.00773 e. The van der Waals surface area contributed by atoms with Gasteiger partial charge >= 0.3 is 0 Å². The van der Waals surface area contributed by atoms with Crippen molar-refractivity contribution in [3.8, 4) is 0 Å². The van der Waals surface area contributed by atoms with Gasteiger partial charge in [0.2, 0.25) is 0 Å². The fourth-order valence-corrected chi connectivity index (χ4v) is 3.30. The van der Waals surface area contributed by atoms with E-state index in [0.717, 1.165) is 19.0 Å². The van der Waals surface area contributed by atoms with E-state index in [9.17, 15) is 0 Å². The molecule has 22 heavy (non-hydrogen) atoms. The van der Waals surface area contributed by atoms with E-state index in [1.165, 1.54) is 103 Å². The van der Waals surface area contributed by atoms with Crippen molar-refractivity contribution in [3.05, 3.63) is 0 Å². The highest BCUT2D eigenvalue weighted by Crippen LogP contribution is 2.21. The Morgan fingerprint density at radius 3 is 1.14 bits per heavy atom. The van der Waals surface area contributed by atoms with Crippen LogP contribution in [-0.2, 0) is 0 Å². The molecule has 0 saturated carbocycles. The summed E-state index contributed by atoms with van der Waals surface area (Å²) in [5.74, 6) is 0.987. The molecule has 0 fully saturated rings. The molecule has 1 atom stereocenters. The summed E-state index contributed by atoms with van der Waals surface area (Å²) < 4.78 is 0. The summed E-state index contributed by atoms with van der Waals surface area (Å²) in [5.41, 5.74) is 11.0. The molecule has 2 nitrogen and oxygen atoms in total. The standard InChI is InChI=1S/C20H44N2/c1-2-20(17-13-9-5-7-11-15-19-22)16-12-8-4-3-6-10-14-18-21/h20H,2-19,21-22H2,1H3. The number of nitrogens with two attached hydrogens (primary N) is 2. The van der Waals surface area contributed by atoms with Crippen LogP contribution in [0.25, 0.3) is 0 Å². The zero-order valence-corrected chi connectivity index (χ0v) is 15.5. The monoisotopic (exact) mass is 312 g/mol. The van der Waals surface area contributed by atoms with Gasteiger partial charge in [0.1, 0.15) is 0 Å². The van der Waals surface area contributed by atoms with E-state index in [2.05, 4.69) is 6.92 Å². The van der Waals surface area contributed by atoms with E-state index in [4.69, 9.17) is 11.5 Å². The van der Waals surface area contributed by atoms with Gasteiger partial charge < -0.3 is 11.5 Å². The fourth-order valence-electron chi connectivity index (χ4n) is 3.30. The van der Waals surface area contributed by atoms with E-state index < -0.39 is 0 Å². The lowest BCUT2D eigenvalue weighted by atomic mass is 9.92. The van der Waals surface area contributed by atoms with Crippen molar-refractivity contribution < 1.29 is 0 Å². The van der Waals surface area contributed by atoms with Crippen molar-refractivity contribution in [1.82, 2.24) is 0 Å². The Hall–Kier alpha value is -0.0800. The van der Waals surface area contributed by atoms with E-state index in [1.54, 1.807) is 0 Å². The molecule has 0 aromatic heterocycles. The molecule has 0 heterocycles. The van der Waals surface area contributed by atoms with Gasteiger partial charge in [0.15, 0.2) is 0 Å². The molecule has 0 spiro atoms. The lowest BCUT2D eigenvalue weighted by molar-refractivity contribution is 0.392. The van der Waals surface area contributed by atoms with Crippen LogP contribution >= 0.6 is 0 Å². The highest BCUT2D eigenvalue weighted by Gasteiger charge is 2.05. The van der Waals surface area contributed by atoms with Gasteiger partial charge in [-0.15, -0.1) is 0 Å². The minimum absolute atomic E-state index is 0.866. The number of unbranched alkanes of at least 4 members (excludes halogenated alkanes) is 11. The summed E-state index contributed by atoms with van der Waals surface area (Å²) >= 11 is 0. The lowest BCUT2D eigenvalue weighted by Gasteiger charge is -2.14. The first-order valence-corrected chi connectivity index (χ1v) is 10.2. The molecular formula is C20H44N2. The van der Waals surface area contributed by atoms with Crippen LogP contribution in [0, 0.1) is 5.92 Å². The molecule has 0 bridgehead atoms. The van der Waals surface area contributed by atoms with Gasteiger partial charge in [0.25, 0.3) is 0 Å². The first-order valence-electron chi connectivity index (χ1n) is 10.2. The molecular weight excluding hydrogens is 268 g/mol. The van der Waals surface area contributed by atoms with Gasteiger partial charge in [-0.2, -0.15) is 0 Å². The smallest absolute Gasteiger partial charge is 0.00773 e. The largest absolute Gasteiger partial charge is 0.330 e. The van der Waals surface area contributed by atoms with E-state index >= 15 is 0 Å². The Bertz CT molecular complexity index is 194. The molecule has 0 rings (SSSR count). The van der Waals surface area contributed by atoms with Crippen molar-refractivity contribution in [1.29, 1.82) is 0 Å². The van der Waals surface area contributed by atoms with Gasteiger partial charge in [0, 0.05) is 0 Å². The summed E-state index contributed by atoms with van der Waals surface area (Å²) in [6, 6.07) is 0. The number of rotatable bonds is 18. The van der Waals surface area contributed by atoms with E-state index in [0.29, 0.717) is 0 Å². The Kier molecular flexibility index (Phi) is 18.9. The molecule has 0 aromatic rings. The SMILES string of the molecule is CCC(CCCCCCCCN)CCCCCCCCCN. The molecule has 0 aliphatic rings. The minimum atomic E-state index is 0.866. The molecule has 2 heteroatoms. The van der Waals surface area contributed by atoms with Crippen LogP contribution < -0.4 is 11.5 Å². The first-order chi connectivity index (χ1) is 10.8. The summed E-state index contributed by atoms with van der Waals surface area (Å²) in [4.78, 5) is 0. The van der Waals surface area contributed by atoms with E-state index in [-0.39, 0.29) is 0 Å². The minimum Gasteiger partial charge on any atom is -0.330 e. The second kappa shape index (κ2) is 19.0. The predicted octanol–water partition coefficient (Wildman–Crippen LogP) is 5.78. The zero-order chi connectivity index (χ0) is 16.3. The second-order valence-corrected chi connectivity index (χ2v) is 7.03. The molecule has 134 valence electrons. The van der Waals surface area contributed by atoms with Crippen molar-refractivity contribution in [3.63, 3.8) is 0 Å². The third-order valence-corrected chi connectivity index (χ3v) is 4.96. The van der Waals surface area contributed by atoms with Crippen LogP contribution in [0.4, 0.5) is 0 Å². The Balaban J connectivity index is 3.29. The number of hydrogen-bond acceptors (Lipinski definition) is 2. The summed E-state index contributed by atoms with van der Waals surface area (Å²) in [5, 5.41) is 0. The molecule has 0 aliphatic carbocycles. The maximum absolute atomic E-state index is 5.52. The summed E-state index contributed by atoms with van der Waals surface area (Å²) in [7, 11) is 0. The van der Waals surface area contributed by atoms with Crippen LogP contribution in [0.3, 0.4) is 0 Å². The predicted molar refractivity (Wildman–Crippen MR) is 101 cm³/mol. The van der Waals surface area contributed by atoms with Crippen LogP contribution in [0.15, 0.2) is 0 Å². The quantitative estimate of drug-likeness (QED) is 0.315. The lowest BCUT2D eigenvalue weighted by Crippen LogP contribution is -2.00. The Morgan fingerprint density at radius 2 is 0.818 bits per heavy atom. The van der Waals surface area contributed by atoms with Gasteiger partial charge in [-0.05, 0) is 31.8 Å². The average molecular weight is 313 g/mol. The van der Waals surface area contributed by atoms with Crippen molar-refractivity contribution in [2.45, 2.75) is 110 Å². The fraction of sp³-hybridized carbons (Fsp3) is 1.00. The van der Waals surface area contributed by atoms with Crippen molar-refractivity contribution in [2.75, 3.05) is 13.1 Å². The second-order valence-electron chi connectivity index (χ2n) is 7.03. The summed E-state index contributed by atoms with van der Waals surface area (Å²) in [6.45, 7) is 4.11. The molecule has 0 aliphatic heterocycles. The zero-order valence-electron chi connectivity index (χ0n) is 15.5. The van der Waals surface area contributed by atoms with Crippen LogP contribution in [0.1, 0.15) is 110 Å². The molecule has 4 N–H and O–H groups in total. The molecule has 0 radical (unpaired) electrons. The highest BCUT2D eigenvalue weighted by molar-refractivity contribution is 4.59. The molecule has 0 aromatic carbocycles. The van der Waals surface area contributed by atoms with Crippen molar-refractivity contribution >= 4 is 0 Å². The van der Waals surface area contributed by atoms with Gasteiger partial charge in [-0.3, -0.25) is 0 Å². The Morgan fingerprint density at radius 1 is 0.500 bits per heavy atom. The molecule has 1 unspecified atom stereocenters. The third kappa shape index (κ3) is 16.3. The van der Waals surface area contributed by atoms with Crippen LogP contribution in [0.2, 0.25) is 0 Å². The van der Waals surface area contributed by atoms with Crippen LogP contribution in [-0.4, -0.2) is 13.1 Å². The molecule has 0 saturated heterocycles. The van der Waals surface area contributed by atoms with Crippen LogP contribution in [0.5, 0.6) is 0 Å². The average Bonchev–Trinajstić information content (AvgIpc) is 2.54. The normalized spacial score (nSPS) is 12.7. The van der Waals surface area contributed by atoms with Gasteiger partial charge in [-0.1, -0.05) is 96.8 Å². The van der Waals surface area contributed by atoms with E-state index in [1.807, 2.05) is 0 Å².